The summed E-state index contributed by atoms with van der Waals surface area (Å²) in [7, 11) is 0. The number of halogens is 3. The van der Waals surface area contributed by atoms with Crippen molar-refractivity contribution < 1.29 is 22.7 Å². The van der Waals surface area contributed by atoms with Gasteiger partial charge in [0.2, 0.25) is 0 Å². The van der Waals surface area contributed by atoms with Crippen LogP contribution >= 0.6 is 11.8 Å². The molecule has 1 aliphatic rings. The zero-order valence-electron chi connectivity index (χ0n) is 15.9. The summed E-state index contributed by atoms with van der Waals surface area (Å²) >= 11 is 1.35. The van der Waals surface area contributed by atoms with E-state index < -0.39 is 11.7 Å². The van der Waals surface area contributed by atoms with E-state index in [-0.39, 0.29) is 17.5 Å². The predicted molar refractivity (Wildman–Crippen MR) is 104 cm³/mol. The average Bonchev–Trinajstić information content (AvgIpc) is 2.66. The van der Waals surface area contributed by atoms with Gasteiger partial charge in [0.15, 0.2) is 0 Å². The summed E-state index contributed by atoms with van der Waals surface area (Å²) in [6.45, 7) is 4.79. The number of nitrogens with one attached hydrogen (secondary N) is 1. The van der Waals surface area contributed by atoms with Crippen LogP contribution in [0, 0.1) is 6.92 Å². The summed E-state index contributed by atoms with van der Waals surface area (Å²) in [5, 5.41) is 3.91. The molecule has 8 heteroatoms. The van der Waals surface area contributed by atoms with E-state index in [9.17, 15) is 18.0 Å². The number of aryl methyl sites for hydroxylation is 1. The summed E-state index contributed by atoms with van der Waals surface area (Å²) in [6, 6.07) is 3.46. The summed E-state index contributed by atoms with van der Waals surface area (Å²) in [4.78, 5) is 17.3. The number of benzene rings is 1. The van der Waals surface area contributed by atoms with Crippen molar-refractivity contribution in [1.29, 1.82) is 0 Å². The van der Waals surface area contributed by atoms with Gasteiger partial charge < -0.3 is 10.1 Å². The lowest BCUT2D eigenvalue weighted by molar-refractivity contribution is -0.137. The SMILES string of the molecule is CCSc1nc2cc(C(F)(F)F)ccc2c(C)c1C(=O)NCC1CCCCO1. The van der Waals surface area contributed by atoms with E-state index >= 15 is 0 Å². The van der Waals surface area contributed by atoms with Crippen LogP contribution in [0.5, 0.6) is 0 Å². The van der Waals surface area contributed by atoms with Crippen LogP contribution in [-0.2, 0) is 10.9 Å². The number of carbonyl (C=O) groups excluding carboxylic acids is 1. The Morgan fingerprint density at radius 2 is 2.14 bits per heavy atom. The lowest BCUT2D eigenvalue weighted by Gasteiger charge is -2.23. The van der Waals surface area contributed by atoms with Gasteiger partial charge in [-0.15, -0.1) is 11.8 Å². The zero-order valence-corrected chi connectivity index (χ0v) is 16.7. The molecule has 3 rings (SSSR count). The largest absolute Gasteiger partial charge is 0.416 e. The molecule has 4 nitrogen and oxygen atoms in total. The van der Waals surface area contributed by atoms with E-state index in [0.717, 1.165) is 31.4 Å². The number of carbonyl (C=O) groups is 1. The molecule has 28 heavy (non-hydrogen) atoms. The number of aromatic nitrogens is 1. The first-order chi connectivity index (χ1) is 13.3. The van der Waals surface area contributed by atoms with Crippen LogP contribution in [-0.4, -0.2) is 35.9 Å². The molecule has 1 aromatic heterocycles. The molecule has 0 bridgehead atoms. The van der Waals surface area contributed by atoms with Crippen molar-refractivity contribution in [2.75, 3.05) is 18.9 Å². The minimum absolute atomic E-state index is 0.00282. The molecule has 1 unspecified atom stereocenters. The Balaban J connectivity index is 1.94. The maximum Gasteiger partial charge on any atom is 0.416 e. The Kier molecular flexibility index (Phi) is 6.50. The quantitative estimate of drug-likeness (QED) is 0.705. The third kappa shape index (κ3) is 4.60. The summed E-state index contributed by atoms with van der Waals surface area (Å²) in [5.41, 5.74) is 0.563. The standard InChI is InChI=1S/C20H23F3N2O2S/c1-3-28-19-17(18(26)24-11-14-6-4-5-9-27-14)12(2)15-8-7-13(20(21,22)23)10-16(15)25-19/h7-8,10,14H,3-6,9,11H2,1-2H3,(H,24,26). The fourth-order valence-electron chi connectivity index (χ4n) is 3.35. The van der Waals surface area contributed by atoms with E-state index in [1.165, 1.54) is 17.8 Å². The third-order valence-corrected chi connectivity index (χ3v) is 5.67. The lowest BCUT2D eigenvalue weighted by atomic mass is 10.0. The van der Waals surface area contributed by atoms with Crippen molar-refractivity contribution in [1.82, 2.24) is 10.3 Å². The molecule has 152 valence electrons. The second-order valence-corrected chi connectivity index (χ2v) is 8.03. The minimum atomic E-state index is -4.43. The minimum Gasteiger partial charge on any atom is -0.376 e. The molecular weight excluding hydrogens is 389 g/mol. The van der Waals surface area contributed by atoms with Gasteiger partial charge in [0.1, 0.15) is 5.03 Å². The summed E-state index contributed by atoms with van der Waals surface area (Å²) in [6.07, 6.45) is -1.41. The van der Waals surface area contributed by atoms with Gasteiger partial charge in [0.25, 0.3) is 5.91 Å². The van der Waals surface area contributed by atoms with Crippen molar-refractivity contribution in [3.63, 3.8) is 0 Å². The van der Waals surface area contributed by atoms with Crippen molar-refractivity contribution in [2.24, 2.45) is 0 Å². The van der Waals surface area contributed by atoms with E-state index in [0.29, 0.717) is 40.4 Å². The highest BCUT2D eigenvalue weighted by atomic mass is 32.2. The first-order valence-corrected chi connectivity index (χ1v) is 10.3. The van der Waals surface area contributed by atoms with Crippen molar-refractivity contribution >= 4 is 28.6 Å². The van der Waals surface area contributed by atoms with E-state index in [2.05, 4.69) is 10.3 Å². The fourth-order valence-corrected chi connectivity index (χ4v) is 4.18. The van der Waals surface area contributed by atoms with Gasteiger partial charge in [-0.2, -0.15) is 13.2 Å². The van der Waals surface area contributed by atoms with Gasteiger partial charge in [0.05, 0.1) is 22.7 Å². The van der Waals surface area contributed by atoms with Crippen LogP contribution in [0.15, 0.2) is 23.2 Å². The highest BCUT2D eigenvalue weighted by Crippen LogP contribution is 2.34. The van der Waals surface area contributed by atoms with Crippen LogP contribution in [0.25, 0.3) is 10.9 Å². The van der Waals surface area contributed by atoms with Crippen LogP contribution in [0.2, 0.25) is 0 Å². The summed E-state index contributed by atoms with van der Waals surface area (Å²) in [5.74, 6) is 0.389. The fraction of sp³-hybridized carbons (Fsp3) is 0.500. The number of fused-ring (bicyclic) bond motifs is 1. The molecule has 1 aromatic carbocycles. The second kappa shape index (κ2) is 8.69. The average molecular weight is 412 g/mol. The van der Waals surface area contributed by atoms with Crippen LogP contribution < -0.4 is 5.32 Å². The Morgan fingerprint density at radius 1 is 1.36 bits per heavy atom. The maximum absolute atomic E-state index is 13.0. The Hall–Kier alpha value is -1.80. The number of hydrogen-bond donors (Lipinski definition) is 1. The molecule has 1 aliphatic heterocycles. The Labute approximate surface area is 166 Å². The van der Waals surface area contributed by atoms with Crippen LogP contribution in [0.3, 0.4) is 0 Å². The van der Waals surface area contributed by atoms with Gasteiger partial charge in [-0.25, -0.2) is 4.98 Å². The number of hydrogen-bond acceptors (Lipinski definition) is 4. The highest BCUT2D eigenvalue weighted by molar-refractivity contribution is 7.99. The molecule has 0 spiro atoms. The smallest absolute Gasteiger partial charge is 0.376 e. The number of nitrogens with zero attached hydrogens (tertiary/aromatic N) is 1. The molecular formula is C20H23F3N2O2S. The molecule has 0 radical (unpaired) electrons. The first-order valence-electron chi connectivity index (χ1n) is 9.35. The zero-order chi connectivity index (χ0) is 20.3. The molecule has 1 N–H and O–H groups in total. The van der Waals surface area contributed by atoms with Gasteiger partial charge in [-0.05, 0) is 49.6 Å². The topological polar surface area (TPSA) is 51.2 Å². The highest BCUT2D eigenvalue weighted by Gasteiger charge is 2.31. The van der Waals surface area contributed by atoms with Gasteiger partial charge >= 0.3 is 6.18 Å². The molecule has 1 atom stereocenters. The number of amides is 1. The Morgan fingerprint density at radius 3 is 2.79 bits per heavy atom. The maximum atomic E-state index is 13.0. The number of pyridine rings is 1. The van der Waals surface area contributed by atoms with Gasteiger partial charge in [-0.1, -0.05) is 13.0 Å². The monoisotopic (exact) mass is 412 g/mol. The number of ether oxygens (including phenoxy) is 1. The second-order valence-electron chi connectivity index (χ2n) is 6.78. The van der Waals surface area contributed by atoms with E-state index in [1.807, 2.05) is 6.92 Å². The molecule has 1 fully saturated rings. The third-order valence-electron chi connectivity index (χ3n) is 4.81. The van der Waals surface area contributed by atoms with E-state index in [4.69, 9.17) is 4.74 Å². The molecule has 0 aliphatic carbocycles. The first kappa shape index (κ1) is 20.9. The van der Waals surface area contributed by atoms with Crippen LogP contribution in [0.4, 0.5) is 13.2 Å². The van der Waals surface area contributed by atoms with E-state index in [1.54, 1.807) is 6.92 Å². The number of thioether (sulfide) groups is 1. The Bertz CT molecular complexity index is 865. The number of rotatable bonds is 5. The number of alkyl halides is 3. The van der Waals surface area contributed by atoms with Crippen molar-refractivity contribution in [3.05, 3.63) is 34.9 Å². The van der Waals surface area contributed by atoms with Crippen molar-refractivity contribution in [3.8, 4) is 0 Å². The van der Waals surface area contributed by atoms with Crippen LogP contribution in [0.1, 0.15) is 47.7 Å². The van der Waals surface area contributed by atoms with Crippen molar-refractivity contribution in [2.45, 2.75) is 50.4 Å². The molecule has 1 saturated heterocycles. The predicted octanol–water partition coefficient (Wildman–Crippen LogP) is 4.97. The molecule has 2 heterocycles. The molecule has 0 saturated carbocycles. The van der Waals surface area contributed by atoms with Gasteiger partial charge in [-0.3, -0.25) is 4.79 Å². The van der Waals surface area contributed by atoms with Gasteiger partial charge in [0, 0.05) is 18.5 Å². The normalized spacial score (nSPS) is 17.7. The molecule has 1 amide bonds. The summed E-state index contributed by atoms with van der Waals surface area (Å²) < 4.78 is 44.8. The lowest BCUT2D eigenvalue weighted by Crippen LogP contribution is -2.36. The molecule has 2 aromatic rings.